The number of hydrogen-bond acceptors (Lipinski definition) is 11. The standard InChI is InChI=1S/C39H57N7O5S/c1-6-37(4)21-29(38(5)25(2)7-12-39(26(3)34(37)50)13-8-28(47)33(38)39)51-31(49)22-52-27-9-16-44(17-10-27)30(48)11-18-46-24-43-32-35(41-23-42-36(32)46)45-19-14-40-15-20-45/h6,23-27,29,33-34,40,50H,1,7-22H2,2-5H3/t25-,26+,29-,33-,34+,37-,38+,39+/m1/s1. The van der Waals surface area contributed by atoms with Gasteiger partial charge in [0.2, 0.25) is 5.91 Å². The molecule has 2 saturated heterocycles. The van der Waals surface area contributed by atoms with Gasteiger partial charge < -0.3 is 29.5 Å². The van der Waals surface area contributed by atoms with Gasteiger partial charge in [0, 0.05) is 80.7 Å². The maximum absolute atomic E-state index is 13.7. The van der Waals surface area contributed by atoms with Gasteiger partial charge in [-0.1, -0.05) is 33.8 Å². The van der Waals surface area contributed by atoms with Crippen molar-refractivity contribution in [1.29, 1.82) is 0 Å². The van der Waals surface area contributed by atoms with Crippen molar-refractivity contribution in [1.82, 2.24) is 29.7 Å². The Labute approximate surface area is 311 Å². The average Bonchev–Trinajstić information content (AvgIpc) is 3.75. The number of aromatic nitrogens is 4. The number of hydrogen-bond donors (Lipinski definition) is 2. The van der Waals surface area contributed by atoms with E-state index in [1.807, 2.05) is 22.5 Å². The summed E-state index contributed by atoms with van der Waals surface area (Å²) < 4.78 is 8.40. The predicted octanol–water partition coefficient (Wildman–Crippen LogP) is 4.26. The molecule has 0 spiro atoms. The molecule has 12 nitrogen and oxygen atoms in total. The van der Waals surface area contributed by atoms with Crippen LogP contribution in [0.4, 0.5) is 5.82 Å². The average molecular weight is 736 g/mol. The summed E-state index contributed by atoms with van der Waals surface area (Å²) in [5, 5.41) is 15.4. The van der Waals surface area contributed by atoms with E-state index in [9.17, 15) is 19.5 Å². The third-order valence-corrected chi connectivity index (χ3v) is 15.5. The van der Waals surface area contributed by atoms with Crippen LogP contribution in [-0.2, 0) is 25.7 Å². The van der Waals surface area contributed by atoms with Gasteiger partial charge in [-0.15, -0.1) is 18.3 Å². The number of thioether (sulfide) groups is 1. The lowest BCUT2D eigenvalue weighted by molar-refractivity contribution is -0.205. The minimum absolute atomic E-state index is 0.0558. The molecule has 4 heterocycles. The fourth-order valence-corrected chi connectivity index (χ4v) is 11.7. The molecule has 3 aliphatic carbocycles. The topological polar surface area (TPSA) is 143 Å². The second-order valence-electron chi connectivity index (χ2n) is 16.7. The molecule has 1 amide bonds. The summed E-state index contributed by atoms with van der Waals surface area (Å²) in [7, 11) is 0. The van der Waals surface area contributed by atoms with Crippen molar-refractivity contribution in [2.24, 2.45) is 34.0 Å². The molecule has 2 N–H and O–H groups in total. The van der Waals surface area contributed by atoms with E-state index in [4.69, 9.17) is 4.74 Å². The Hall–Kier alpha value is -3.03. The van der Waals surface area contributed by atoms with Crippen molar-refractivity contribution >= 4 is 46.4 Å². The Kier molecular flexibility index (Phi) is 10.5. The summed E-state index contributed by atoms with van der Waals surface area (Å²) in [5.41, 5.74) is 0.0688. The molecule has 0 aromatic carbocycles. The van der Waals surface area contributed by atoms with Crippen LogP contribution in [0.2, 0.25) is 0 Å². The first-order chi connectivity index (χ1) is 24.9. The number of carbonyl (C=O) groups is 3. The van der Waals surface area contributed by atoms with E-state index >= 15 is 0 Å². The van der Waals surface area contributed by atoms with Crippen LogP contribution >= 0.6 is 11.8 Å². The number of nitrogens with zero attached hydrogens (tertiary/aromatic N) is 6. The lowest BCUT2D eigenvalue weighted by Gasteiger charge is -2.61. The van der Waals surface area contributed by atoms with E-state index in [0.29, 0.717) is 38.9 Å². The fourth-order valence-electron chi connectivity index (χ4n) is 10.7. The van der Waals surface area contributed by atoms with E-state index in [-0.39, 0.29) is 51.8 Å². The zero-order valence-electron chi connectivity index (χ0n) is 31.4. The van der Waals surface area contributed by atoms with Crippen LogP contribution in [0.5, 0.6) is 0 Å². The predicted molar refractivity (Wildman–Crippen MR) is 202 cm³/mol. The first-order valence-corrected chi connectivity index (χ1v) is 20.5. The van der Waals surface area contributed by atoms with E-state index < -0.39 is 23.0 Å². The number of piperidine rings is 1. The van der Waals surface area contributed by atoms with Crippen molar-refractivity contribution in [3.05, 3.63) is 25.3 Å². The van der Waals surface area contributed by atoms with Crippen LogP contribution in [0, 0.1) is 34.0 Å². The van der Waals surface area contributed by atoms with Crippen molar-refractivity contribution < 1.29 is 24.2 Å². The molecule has 7 rings (SSSR count). The SMILES string of the molecule is C=C[C@]1(C)C[C@@H](OC(=O)CSC2CCN(C(=O)CCn3cnc4c(N5CCNCC5)ncnc43)CC2)[C@]2(C)[C@H](C)CC[C@]3(CCC(=O)[C@@H]32)[C@@H](C)[C@@H]1O. The van der Waals surface area contributed by atoms with Crippen LogP contribution in [0.1, 0.15) is 79.1 Å². The molecule has 3 saturated carbocycles. The van der Waals surface area contributed by atoms with Crippen LogP contribution in [-0.4, -0.2) is 110 Å². The molecule has 5 aliphatic rings. The second-order valence-corrected chi connectivity index (χ2v) is 18.0. The number of esters is 1. The zero-order valence-corrected chi connectivity index (χ0v) is 32.2. The molecular formula is C39H57N7O5S. The van der Waals surface area contributed by atoms with E-state index in [2.05, 4.69) is 52.5 Å². The van der Waals surface area contributed by atoms with Gasteiger partial charge in [0.15, 0.2) is 17.0 Å². The van der Waals surface area contributed by atoms with Gasteiger partial charge in [-0.2, -0.15) is 0 Å². The van der Waals surface area contributed by atoms with E-state index in [0.717, 1.165) is 75.3 Å². The monoisotopic (exact) mass is 735 g/mol. The smallest absolute Gasteiger partial charge is 0.316 e. The number of Topliss-reactive ketones (excluding diaryl/α,β-unsaturated/α-hetero) is 1. The number of piperazine rings is 1. The molecule has 8 atom stereocenters. The van der Waals surface area contributed by atoms with Gasteiger partial charge in [0.1, 0.15) is 18.2 Å². The number of nitrogens with one attached hydrogen (secondary N) is 1. The summed E-state index contributed by atoms with van der Waals surface area (Å²) >= 11 is 1.61. The van der Waals surface area contributed by atoms with Crippen molar-refractivity contribution in [2.75, 3.05) is 49.9 Å². The number of likely N-dealkylation sites (tertiary alicyclic amines) is 1. The normalized spacial score (nSPS) is 35.6. The van der Waals surface area contributed by atoms with E-state index in [1.54, 1.807) is 24.4 Å². The van der Waals surface area contributed by atoms with Gasteiger partial charge in [0.25, 0.3) is 0 Å². The number of amides is 1. The first kappa shape index (κ1) is 37.3. The van der Waals surface area contributed by atoms with Gasteiger partial charge in [-0.3, -0.25) is 14.4 Å². The van der Waals surface area contributed by atoms with Gasteiger partial charge in [-0.25, -0.2) is 15.0 Å². The number of fused-ring (bicyclic) bond motifs is 1. The van der Waals surface area contributed by atoms with Crippen molar-refractivity contribution in [3.63, 3.8) is 0 Å². The number of imidazole rings is 1. The number of rotatable bonds is 9. The lowest BCUT2D eigenvalue weighted by Crippen LogP contribution is -2.63. The summed E-state index contributed by atoms with van der Waals surface area (Å²) in [5.74, 6) is 1.08. The lowest BCUT2D eigenvalue weighted by atomic mass is 9.44. The van der Waals surface area contributed by atoms with Gasteiger partial charge in [0.05, 0.1) is 18.2 Å². The maximum atomic E-state index is 13.7. The number of ketones is 1. The zero-order chi connectivity index (χ0) is 36.8. The van der Waals surface area contributed by atoms with Gasteiger partial charge >= 0.3 is 5.97 Å². The molecule has 2 aromatic rings. The third-order valence-electron chi connectivity index (χ3n) is 14.2. The largest absolute Gasteiger partial charge is 0.461 e. The van der Waals surface area contributed by atoms with Crippen molar-refractivity contribution in [3.8, 4) is 0 Å². The molecule has 0 radical (unpaired) electrons. The number of aliphatic hydroxyl groups excluding tert-OH is 1. The molecule has 2 bridgehead atoms. The Morgan fingerprint density at radius 3 is 2.58 bits per heavy atom. The number of aryl methyl sites for hydroxylation is 1. The Morgan fingerprint density at radius 2 is 1.85 bits per heavy atom. The number of carbonyl (C=O) groups excluding carboxylic acids is 3. The quantitative estimate of drug-likeness (QED) is 0.282. The molecule has 13 heteroatoms. The minimum Gasteiger partial charge on any atom is -0.461 e. The molecule has 52 heavy (non-hydrogen) atoms. The number of ether oxygens (including phenoxy) is 1. The molecule has 2 aliphatic heterocycles. The van der Waals surface area contributed by atoms with Crippen LogP contribution in [0.15, 0.2) is 25.3 Å². The maximum Gasteiger partial charge on any atom is 0.316 e. The minimum atomic E-state index is -0.677. The van der Waals surface area contributed by atoms with Crippen LogP contribution < -0.4 is 10.2 Å². The highest BCUT2D eigenvalue weighted by atomic mass is 32.2. The summed E-state index contributed by atoms with van der Waals surface area (Å²) in [6.45, 7) is 18.0. The molecule has 2 aromatic heterocycles. The summed E-state index contributed by atoms with van der Waals surface area (Å²) in [4.78, 5) is 58.4. The molecule has 5 fully saturated rings. The fraction of sp³-hybridized carbons (Fsp3) is 0.744. The Bertz CT molecular complexity index is 1670. The van der Waals surface area contributed by atoms with Crippen LogP contribution in [0.25, 0.3) is 11.2 Å². The Balaban J connectivity index is 0.935. The second kappa shape index (κ2) is 14.7. The van der Waals surface area contributed by atoms with Gasteiger partial charge in [-0.05, 0) is 55.8 Å². The number of aliphatic hydroxyl groups is 1. The first-order valence-electron chi connectivity index (χ1n) is 19.5. The number of anilines is 1. The third kappa shape index (κ3) is 6.46. The summed E-state index contributed by atoms with van der Waals surface area (Å²) in [6.07, 6.45) is 9.62. The highest BCUT2D eigenvalue weighted by Crippen LogP contribution is 2.68. The molecule has 284 valence electrons. The molecular weight excluding hydrogens is 679 g/mol. The molecule has 0 unspecified atom stereocenters. The van der Waals surface area contributed by atoms with Crippen LogP contribution in [0.3, 0.4) is 0 Å². The van der Waals surface area contributed by atoms with Crippen molar-refractivity contribution in [2.45, 2.75) is 103 Å². The highest BCUT2D eigenvalue weighted by molar-refractivity contribution is 8.00. The highest BCUT2D eigenvalue weighted by Gasteiger charge is 2.68. The summed E-state index contributed by atoms with van der Waals surface area (Å²) in [6, 6.07) is 0. The Morgan fingerprint density at radius 1 is 1.10 bits per heavy atom. The van der Waals surface area contributed by atoms with E-state index in [1.165, 1.54) is 0 Å².